The highest BCUT2D eigenvalue weighted by Gasteiger charge is 2.41. The van der Waals surface area contributed by atoms with Crippen molar-refractivity contribution in [3.63, 3.8) is 0 Å². The van der Waals surface area contributed by atoms with E-state index in [0.29, 0.717) is 17.9 Å². The second-order valence-corrected chi connectivity index (χ2v) is 9.12. The van der Waals surface area contributed by atoms with Crippen LogP contribution in [0.5, 0.6) is 5.75 Å². The molecule has 1 saturated heterocycles. The molecule has 0 aromatic heterocycles. The number of hydrogen-bond acceptors (Lipinski definition) is 6. The van der Waals surface area contributed by atoms with Gasteiger partial charge in [0, 0.05) is 4.47 Å². The van der Waals surface area contributed by atoms with E-state index in [4.69, 9.17) is 4.74 Å². The van der Waals surface area contributed by atoms with Crippen LogP contribution in [0, 0.1) is 0 Å². The minimum absolute atomic E-state index is 0.242. The molecule has 1 aliphatic rings. The summed E-state index contributed by atoms with van der Waals surface area (Å²) in [5, 5.41) is -0.502. The molecule has 0 N–H and O–H groups in total. The third-order valence-corrected chi connectivity index (χ3v) is 6.35. The van der Waals surface area contributed by atoms with Crippen LogP contribution >= 0.6 is 43.6 Å². The van der Waals surface area contributed by atoms with Crippen molar-refractivity contribution < 1.29 is 23.9 Å². The van der Waals surface area contributed by atoms with Gasteiger partial charge in [0.2, 0.25) is 0 Å². The van der Waals surface area contributed by atoms with Crippen LogP contribution in [0.15, 0.2) is 56.3 Å². The molecule has 3 rings (SSSR count). The number of hydrogen-bond donors (Lipinski definition) is 0. The Morgan fingerprint density at radius 3 is 2.50 bits per heavy atom. The summed E-state index contributed by atoms with van der Waals surface area (Å²) in [6.45, 7) is 1.87. The first-order valence-electron chi connectivity index (χ1n) is 8.82. The maximum absolute atomic E-state index is 12.6. The van der Waals surface area contributed by atoms with E-state index < -0.39 is 23.2 Å². The Morgan fingerprint density at radius 1 is 1.17 bits per heavy atom. The van der Waals surface area contributed by atoms with E-state index in [1.54, 1.807) is 24.3 Å². The van der Waals surface area contributed by atoms with Gasteiger partial charge in [-0.15, -0.1) is 0 Å². The lowest BCUT2D eigenvalue weighted by molar-refractivity contribution is -0.148. The number of carbonyl (C=O) groups excluding carboxylic acids is 3. The fraction of sp³-hybridized carbons (Fsp3) is 0.190. The monoisotopic (exact) mass is 553 g/mol. The zero-order valence-corrected chi connectivity index (χ0v) is 20.0. The number of ether oxygens (including phenoxy) is 2. The van der Waals surface area contributed by atoms with Crippen molar-refractivity contribution in [1.29, 1.82) is 0 Å². The molecule has 9 heteroatoms. The summed E-state index contributed by atoms with van der Waals surface area (Å²) in [5.41, 5.74) is 1.75. The highest BCUT2D eigenvalue weighted by Crippen LogP contribution is 2.35. The molecule has 0 saturated carbocycles. The third-order valence-electron chi connectivity index (χ3n) is 4.31. The van der Waals surface area contributed by atoms with Crippen LogP contribution in [-0.4, -0.2) is 35.2 Å². The number of esters is 1. The Morgan fingerprint density at radius 2 is 1.87 bits per heavy atom. The number of amides is 2. The molecule has 2 amide bonds. The largest absolute Gasteiger partial charge is 0.488 e. The zero-order chi connectivity index (χ0) is 21.8. The van der Waals surface area contributed by atoms with Crippen LogP contribution in [0.3, 0.4) is 0 Å². The first-order valence-corrected chi connectivity index (χ1v) is 11.2. The van der Waals surface area contributed by atoms with Gasteiger partial charge in [0.05, 0.1) is 16.5 Å². The molecular formula is C21H17Br2NO5S. The first-order chi connectivity index (χ1) is 14.3. The smallest absolute Gasteiger partial charge is 0.328 e. The molecule has 6 nitrogen and oxygen atoms in total. The third kappa shape index (κ3) is 5.14. The van der Waals surface area contributed by atoms with Crippen molar-refractivity contribution in [2.24, 2.45) is 0 Å². The van der Waals surface area contributed by atoms with Gasteiger partial charge in [-0.25, -0.2) is 4.79 Å². The second-order valence-electron chi connectivity index (χ2n) is 6.36. The van der Waals surface area contributed by atoms with Gasteiger partial charge in [-0.05, 0) is 76.1 Å². The van der Waals surface area contributed by atoms with Crippen molar-refractivity contribution in [1.82, 2.24) is 4.90 Å². The average molecular weight is 555 g/mol. The van der Waals surface area contributed by atoms with E-state index in [1.807, 2.05) is 24.3 Å². The van der Waals surface area contributed by atoms with Gasteiger partial charge in [0.1, 0.15) is 18.4 Å². The molecule has 2 aromatic rings. The number of halogens is 2. The predicted molar refractivity (Wildman–Crippen MR) is 122 cm³/mol. The summed E-state index contributed by atoms with van der Waals surface area (Å²) in [4.78, 5) is 37.6. The highest BCUT2D eigenvalue weighted by molar-refractivity contribution is 9.10. The topological polar surface area (TPSA) is 72.9 Å². The number of methoxy groups -OCH3 is 1. The molecular weight excluding hydrogens is 538 g/mol. The first kappa shape index (κ1) is 22.6. The lowest BCUT2D eigenvalue weighted by Gasteiger charge is -2.18. The number of nitrogens with zero attached hydrogens (tertiary/aromatic N) is 1. The van der Waals surface area contributed by atoms with Gasteiger partial charge in [0.25, 0.3) is 11.1 Å². The van der Waals surface area contributed by atoms with E-state index in [0.717, 1.165) is 31.2 Å². The number of imide groups is 1. The van der Waals surface area contributed by atoms with Crippen LogP contribution in [0.1, 0.15) is 18.1 Å². The second kappa shape index (κ2) is 9.80. The van der Waals surface area contributed by atoms with E-state index in [2.05, 4.69) is 36.6 Å². The fourth-order valence-electron chi connectivity index (χ4n) is 2.71. The SMILES string of the molecule is COC(=O)[C@@H](C)N1C(=O)S/C(=C/c2ccc(OCc3ccc(Br)cc3)c(Br)c2)C1=O. The number of benzene rings is 2. The van der Waals surface area contributed by atoms with Crippen LogP contribution < -0.4 is 4.74 Å². The Kier molecular flexibility index (Phi) is 7.38. The van der Waals surface area contributed by atoms with Gasteiger partial charge in [-0.1, -0.05) is 34.1 Å². The molecule has 156 valence electrons. The lowest BCUT2D eigenvalue weighted by Crippen LogP contribution is -2.42. The molecule has 1 atom stereocenters. The predicted octanol–water partition coefficient (Wildman–Crippen LogP) is 5.39. The highest BCUT2D eigenvalue weighted by atomic mass is 79.9. The Balaban J connectivity index is 1.72. The van der Waals surface area contributed by atoms with E-state index in [1.165, 1.54) is 14.0 Å². The van der Waals surface area contributed by atoms with Crippen molar-refractivity contribution in [2.45, 2.75) is 19.6 Å². The van der Waals surface area contributed by atoms with E-state index in [9.17, 15) is 14.4 Å². The van der Waals surface area contributed by atoms with Crippen LogP contribution in [0.25, 0.3) is 6.08 Å². The number of thioether (sulfide) groups is 1. The van der Waals surface area contributed by atoms with Crippen LogP contribution in [-0.2, 0) is 20.9 Å². The average Bonchev–Trinajstić information content (AvgIpc) is 3.00. The molecule has 0 unspecified atom stereocenters. The minimum atomic E-state index is -0.977. The summed E-state index contributed by atoms with van der Waals surface area (Å²) in [6.07, 6.45) is 1.61. The summed E-state index contributed by atoms with van der Waals surface area (Å²) in [5.74, 6) is -0.509. The quantitative estimate of drug-likeness (QED) is 0.352. The molecule has 0 radical (unpaired) electrons. The normalized spacial score (nSPS) is 16.1. The van der Waals surface area contributed by atoms with E-state index >= 15 is 0 Å². The molecule has 1 heterocycles. The Labute approximate surface area is 194 Å². The van der Waals surface area contributed by atoms with Crippen molar-refractivity contribution in [2.75, 3.05) is 7.11 Å². The maximum Gasteiger partial charge on any atom is 0.328 e. The van der Waals surface area contributed by atoms with Crippen molar-refractivity contribution >= 4 is 66.8 Å². The van der Waals surface area contributed by atoms with Crippen molar-refractivity contribution in [3.05, 3.63) is 67.4 Å². The van der Waals surface area contributed by atoms with Gasteiger partial charge >= 0.3 is 5.97 Å². The van der Waals surface area contributed by atoms with Gasteiger partial charge < -0.3 is 9.47 Å². The molecule has 0 bridgehead atoms. The lowest BCUT2D eigenvalue weighted by atomic mass is 10.2. The summed E-state index contributed by atoms with van der Waals surface area (Å²) in [7, 11) is 1.21. The standard InChI is InChI=1S/C21H17Br2NO5S/c1-12(20(26)28-2)24-19(25)18(30-21(24)27)10-14-5-8-17(16(23)9-14)29-11-13-3-6-15(22)7-4-13/h3-10,12H,11H2,1-2H3/b18-10+/t12-/m1/s1. The van der Waals surface area contributed by atoms with E-state index in [-0.39, 0.29) is 4.91 Å². The molecule has 1 aliphatic heterocycles. The van der Waals surface area contributed by atoms with Crippen LogP contribution in [0.4, 0.5) is 4.79 Å². The maximum atomic E-state index is 12.6. The fourth-order valence-corrected chi connectivity index (χ4v) is 4.39. The molecule has 1 fully saturated rings. The molecule has 30 heavy (non-hydrogen) atoms. The van der Waals surface area contributed by atoms with Gasteiger partial charge in [-0.2, -0.15) is 0 Å². The summed E-state index contributed by atoms with van der Waals surface area (Å²) in [6, 6.07) is 12.2. The minimum Gasteiger partial charge on any atom is -0.488 e. The van der Waals surface area contributed by atoms with Gasteiger partial charge in [-0.3, -0.25) is 14.5 Å². The summed E-state index contributed by atoms with van der Waals surface area (Å²) >= 11 is 7.67. The number of carbonyl (C=O) groups is 3. The zero-order valence-electron chi connectivity index (χ0n) is 16.1. The van der Waals surface area contributed by atoms with Crippen molar-refractivity contribution in [3.8, 4) is 5.75 Å². The molecule has 0 aliphatic carbocycles. The van der Waals surface area contributed by atoms with Gasteiger partial charge in [0.15, 0.2) is 0 Å². The molecule has 0 spiro atoms. The van der Waals surface area contributed by atoms with Crippen LogP contribution in [0.2, 0.25) is 0 Å². The Hall–Kier alpha value is -2.10. The number of rotatable bonds is 6. The summed E-state index contributed by atoms with van der Waals surface area (Å²) < 4.78 is 12.2. The Bertz CT molecular complexity index is 1020. The molecule has 2 aromatic carbocycles.